The SMILES string of the molecule is CC(C)(CN[C@@H](CCCNC(=N)N)C(N)=O)NCCCCC(=O)C(C)(C)C. The number of hydrogen-bond acceptors (Lipinski definition) is 5. The van der Waals surface area contributed by atoms with Gasteiger partial charge in [-0.3, -0.25) is 15.0 Å². The summed E-state index contributed by atoms with van der Waals surface area (Å²) in [6, 6.07) is -0.413. The number of rotatable bonds is 14. The van der Waals surface area contributed by atoms with Crippen LogP contribution in [0.5, 0.6) is 0 Å². The summed E-state index contributed by atoms with van der Waals surface area (Å²) in [6.45, 7) is 11.9. The number of ketones is 1. The number of nitrogens with two attached hydrogens (primary N) is 2. The number of hydrogen-bond donors (Lipinski definition) is 6. The van der Waals surface area contributed by atoms with Crippen molar-refractivity contribution in [3.05, 3.63) is 0 Å². The highest BCUT2D eigenvalue weighted by Gasteiger charge is 2.22. The highest BCUT2D eigenvalue weighted by Crippen LogP contribution is 2.18. The number of guanidine groups is 1. The van der Waals surface area contributed by atoms with Gasteiger partial charge in [-0.1, -0.05) is 20.8 Å². The number of unbranched alkanes of at least 4 members (excludes halogenated alkanes) is 1. The summed E-state index contributed by atoms with van der Waals surface area (Å²) in [7, 11) is 0. The zero-order chi connectivity index (χ0) is 21.1. The topological polar surface area (TPSA) is 146 Å². The number of Topliss-reactive ketones (excluding diaryl/α,β-unsaturated/α-hetero) is 1. The number of amides is 1. The first-order valence-electron chi connectivity index (χ1n) is 9.74. The van der Waals surface area contributed by atoms with Gasteiger partial charge in [0.25, 0.3) is 0 Å². The fourth-order valence-electron chi connectivity index (χ4n) is 2.53. The van der Waals surface area contributed by atoms with E-state index >= 15 is 0 Å². The van der Waals surface area contributed by atoms with Crippen LogP contribution in [0.2, 0.25) is 0 Å². The van der Waals surface area contributed by atoms with Gasteiger partial charge in [-0.25, -0.2) is 0 Å². The maximum Gasteiger partial charge on any atom is 0.234 e. The van der Waals surface area contributed by atoms with Crippen molar-refractivity contribution in [3.63, 3.8) is 0 Å². The van der Waals surface area contributed by atoms with E-state index in [0.717, 1.165) is 19.4 Å². The normalized spacial score (nSPS) is 13.2. The Hall–Kier alpha value is -1.67. The summed E-state index contributed by atoms with van der Waals surface area (Å²) in [6.07, 6.45) is 3.69. The molecule has 0 heterocycles. The van der Waals surface area contributed by atoms with Crippen molar-refractivity contribution in [1.82, 2.24) is 16.0 Å². The van der Waals surface area contributed by atoms with Gasteiger partial charge in [0.1, 0.15) is 5.78 Å². The average molecular weight is 385 g/mol. The second kappa shape index (κ2) is 11.9. The van der Waals surface area contributed by atoms with Crippen molar-refractivity contribution >= 4 is 17.6 Å². The first kappa shape index (κ1) is 25.3. The smallest absolute Gasteiger partial charge is 0.234 e. The van der Waals surface area contributed by atoms with Crippen LogP contribution in [0.3, 0.4) is 0 Å². The molecule has 8 nitrogen and oxygen atoms in total. The number of carbonyl (C=O) groups is 2. The summed E-state index contributed by atoms with van der Waals surface area (Å²) in [5.41, 5.74) is 10.2. The Morgan fingerprint density at radius 3 is 2.15 bits per heavy atom. The second-order valence-electron chi connectivity index (χ2n) is 8.76. The standard InChI is InChI=1S/C19H40N6O2/c1-18(2,3)15(26)10-6-7-12-25-19(4,5)13-24-14(16(20)27)9-8-11-23-17(21)22/h14,24-25H,6-13H2,1-5H3,(H2,20,27)(H4,21,22,23)/t14-/m0/s1. The molecular weight excluding hydrogens is 344 g/mol. The van der Waals surface area contributed by atoms with Crippen molar-refractivity contribution in [2.24, 2.45) is 16.9 Å². The van der Waals surface area contributed by atoms with Crippen molar-refractivity contribution < 1.29 is 9.59 Å². The lowest BCUT2D eigenvalue weighted by atomic mass is 9.88. The molecule has 8 heteroatoms. The highest BCUT2D eigenvalue weighted by atomic mass is 16.1. The highest BCUT2D eigenvalue weighted by molar-refractivity contribution is 5.83. The van der Waals surface area contributed by atoms with Gasteiger partial charge in [-0.2, -0.15) is 0 Å². The minimum Gasteiger partial charge on any atom is -0.370 e. The minimum atomic E-state index is -0.413. The molecule has 0 aliphatic heterocycles. The van der Waals surface area contributed by atoms with Crippen LogP contribution in [0.25, 0.3) is 0 Å². The third-order valence-corrected chi connectivity index (χ3v) is 4.39. The predicted molar refractivity (Wildman–Crippen MR) is 111 cm³/mol. The minimum absolute atomic E-state index is 0.0758. The molecular formula is C19H40N6O2. The summed E-state index contributed by atoms with van der Waals surface area (Å²) >= 11 is 0. The lowest BCUT2D eigenvalue weighted by Gasteiger charge is -2.29. The quantitative estimate of drug-likeness (QED) is 0.149. The van der Waals surface area contributed by atoms with Gasteiger partial charge < -0.3 is 27.4 Å². The van der Waals surface area contributed by atoms with Gasteiger partial charge >= 0.3 is 0 Å². The van der Waals surface area contributed by atoms with Crippen LogP contribution in [0.4, 0.5) is 0 Å². The van der Waals surface area contributed by atoms with Gasteiger partial charge in [-0.05, 0) is 46.1 Å². The Labute approximate surface area is 164 Å². The van der Waals surface area contributed by atoms with Crippen molar-refractivity contribution in [2.45, 2.75) is 78.3 Å². The predicted octanol–water partition coefficient (Wildman–Crippen LogP) is 0.847. The molecule has 0 rings (SSSR count). The zero-order valence-electron chi connectivity index (χ0n) is 17.7. The monoisotopic (exact) mass is 384 g/mol. The molecule has 8 N–H and O–H groups in total. The van der Waals surface area contributed by atoms with Gasteiger partial charge in [0.15, 0.2) is 5.96 Å². The maximum atomic E-state index is 11.9. The molecule has 0 unspecified atom stereocenters. The van der Waals surface area contributed by atoms with E-state index in [1.807, 2.05) is 20.8 Å². The number of carbonyl (C=O) groups excluding carboxylic acids is 2. The molecule has 0 aliphatic rings. The Morgan fingerprint density at radius 1 is 1.00 bits per heavy atom. The zero-order valence-corrected chi connectivity index (χ0v) is 17.7. The Kier molecular flexibility index (Phi) is 11.2. The number of nitrogens with one attached hydrogen (secondary N) is 4. The van der Waals surface area contributed by atoms with Crippen LogP contribution in [-0.4, -0.2) is 48.9 Å². The van der Waals surface area contributed by atoms with Gasteiger partial charge in [0.2, 0.25) is 5.91 Å². The molecule has 0 radical (unpaired) electrons. The largest absolute Gasteiger partial charge is 0.370 e. The van der Waals surface area contributed by atoms with E-state index in [1.165, 1.54) is 0 Å². The first-order chi connectivity index (χ1) is 12.3. The Bertz CT molecular complexity index is 485. The van der Waals surface area contributed by atoms with E-state index in [4.69, 9.17) is 16.9 Å². The Morgan fingerprint density at radius 2 is 1.63 bits per heavy atom. The van der Waals surface area contributed by atoms with Gasteiger partial charge in [0.05, 0.1) is 6.04 Å². The summed E-state index contributed by atoms with van der Waals surface area (Å²) in [5, 5.41) is 16.5. The molecule has 0 saturated carbocycles. The van der Waals surface area contributed by atoms with Gasteiger partial charge in [0, 0.05) is 30.5 Å². The van der Waals surface area contributed by atoms with Crippen LogP contribution in [-0.2, 0) is 9.59 Å². The molecule has 0 fully saturated rings. The molecule has 0 aromatic rings. The lowest BCUT2D eigenvalue weighted by Crippen LogP contribution is -2.53. The van der Waals surface area contributed by atoms with Crippen LogP contribution in [0.15, 0.2) is 0 Å². The van der Waals surface area contributed by atoms with E-state index < -0.39 is 6.04 Å². The summed E-state index contributed by atoms with van der Waals surface area (Å²) in [5.74, 6) is -0.158. The van der Waals surface area contributed by atoms with Crippen LogP contribution < -0.4 is 27.4 Å². The summed E-state index contributed by atoms with van der Waals surface area (Å²) < 4.78 is 0. The fourth-order valence-corrected chi connectivity index (χ4v) is 2.53. The molecule has 0 aliphatic carbocycles. The molecule has 0 aromatic carbocycles. The Balaban J connectivity index is 4.11. The van der Waals surface area contributed by atoms with Gasteiger partial charge in [-0.15, -0.1) is 0 Å². The molecule has 1 atom stereocenters. The average Bonchev–Trinajstić information content (AvgIpc) is 2.51. The molecule has 158 valence electrons. The molecule has 0 bridgehead atoms. The molecule has 1 amide bonds. The third kappa shape index (κ3) is 13.2. The van der Waals surface area contributed by atoms with Crippen molar-refractivity contribution in [3.8, 4) is 0 Å². The van der Waals surface area contributed by atoms with Crippen molar-refractivity contribution in [2.75, 3.05) is 19.6 Å². The van der Waals surface area contributed by atoms with E-state index in [0.29, 0.717) is 38.1 Å². The van der Waals surface area contributed by atoms with E-state index in [9.17, 15) is 9.59 Å². The molecule has 0 saturated heterocycles. The fraction of sp³-hybridized carbons (Fsp3) is 0.842. The maximum absolute atomic E-state index is 11.9. The number of primary amides is 1. The first-order valence-corrected chi connectivity index (χ1v) is 9.74. The lowest BCUT2D eigenvalue weighted by molar-refractivity contribution is -0.126. The van der Waals surface area contributed by atoms with Crippen LogP contribution in [0, 0.1) is 10.8 Å². The molecule has 0 aromatic heterocycles. The van der Waals surface area contributed by atoms with E-state index in [1.54, 1.807) is 0 Å². The van der Waals surface area contributed by atoms with E-state index in [-0.39, 0.29) is 22.8 Å². The third-order valence-electron chi connectivity index (χ3n) is 4.39. The molecule has 27 heavy (non-hydrogen) atoms. The summed E-state index contributed by atoms with van der Waals surface area (Å²) in [4.78, 5) is 23.5. The van der Waals surface area contributed by atoms with Crippen molar-refractivity contribution in [1.29, 1.82) is 5.41 Å². The molecule has 0 spiro atoms. The van der Waals surface area contributed by atoms with Crippen LogP contribution >= 0.6 is 0 Å². The van der Waals surface area contributed by atoms with Crippen LogP contribution in [0.1, 0.15) is 66.7 Å². The van der Waals surface area contributed by atoms with E-state index in [2.05, 4.69) is 29.8 Å². The second-order valence-corrected chi connectivity index (χ2v) is 8.76.